The highest BCUT2D eigenvalue weighted by Gasteiger charge is 2.30. The van der Waals surface area contributed by atoms with Crippen molar-refractivity contribution in [1.29, 1.82) is 0 Å². The van der Waals surface area contributed by atoms with Crippen LogP contribution in [0, 0.1) is 10.1 Å². The van der Waals surface area contributed by atoms with Crippen LogP contribution >= 0.6 is 12.4 Å². The van der Waals surface area contributed by atoms with Gasteiger partial charge in [0, 0.05) is 25.7 Å². The third-order valence-corrected chi connectivity index (χ3v) is 3.62. The average Bonchev–Trinajstić information content (AvgIpc) is 2.59. The number of ether oxygens (including phenoxy) is 3. The number of nitro groups is 1. The number of rotatable bonds is 5. The smallest absolute Gasteiger partial charge is 0.286 e. The molecule has 0 spiro atoms. The summed E-state index contributed by atoms with van der Waals surface area (Å²) in [5.74, 6) is -0.0120. The maximum absolute atomic E-state index is 12.7. The van der Waals surface area contributed by atoms with Crippen LogP contribution in [0.3, 0.4) is 0 Å². The Balaban J connectivity index is 0.00000288. The van der Waals surface area contributed by atoms with Crippen LogP contribution in [0.2, 0.25) is 0 Å². The van der Waals surface area contributed by atoms with Gasteiger partial charge in [-0.15, -0.1) is 12.4 Å². The molecule has 2 rings (SSSR count). The van der Waals surface area contributed by atoms with Crippen molar-refractivity contribution in [3.8, 4) is 11.5 Å². The lowest BCUT2D eigenvalue weighted by Gasteiger charge is -2.32. The highest BCUT2D eigenvalue weighted by Crippen LogP contribution is 2.35. The summed E-state index contributed by atoms with van der Waals surface area (Å²) in [6, 6.07) is 2.51. The summed E-state index contributed by atoms with van der Waals surface area (Å²) in [7, 11) is 2.77. The minimum Gasteiger partial charge on any atom is -0.493 e. The van der Waals surface area contributed by atoms with E-state index >= 15 is 0 Å². The highest BCUT2D eigenvalue weighted by molar-refractivity contribution is 5.99. The number of nitrogens with two attached hydrogens (primary N) is 1. The standard InChI is InChI=1S/C14H19N3O6.ClH/c1-21-12-5-10(11(17(19)20)6-13(12)22-2)14(18)16-3-4-23-9(7-15)8-16;/h5-6,9H,3-4,7-8,15H2,1-2H3;1H. The van der Waals surface area contributed by atoms with Crippen LogP contribution in [0.1, 0.15) is 10.4 Å². The van der Waals surface area contributed by atoms with Gasteiger partial charge in [0.15, 0.2) is 11.5 Å². The van der Waals surface area contributed by atoms with Gasteiger partial charge in [-0.1, -0.05) is 0 Å². The number of carbonyl (C=O) groups is 1. The molecule has 0 radical (unpaired) electrons. The Morgan fingerprint density at radius 1 is 1.42 bits per heavy atom. The summed E-state index contributed by atoms with van der Waals surface area (Å²) in [6.07, 6.45) is -0.271. The second kappa shape index (κ2) is 8.67. The van der Waals surface area contributed by atoms with Crippen LogP contribution in [0.5, 0.6) is 11.5 Å². The number of morpholine rings is 1. The molecule has 1 fully saturated rings. The maximum Gasteiger partial charge on any atom is 0.286 e. The molecular weight excluding hydrogens is 342 g/mol. The molecule has 0 aliphatic carbocycles. The molecule has 1 aromatic rings. The first-order valence-corrected chi connectivity index (χ1v) is 7.03. The number of nitrogens with zero attached hydrogens (tertiary/aromatic N) is 2. The van der Waals surface area contributed by atoms with E-state index in [9.17, 15) is 14.9 Å². The van der Waals surface area contributed by atoms with Crippen molar-refractivity contribution < 1.29 is 23.9 Å². The van der Waals surface area contributed by atoms with Gasteiger partial charge in [0.05, 0.1) is 37.9 Å². The minimum absolute atomic E-state index is 0. The summed E-state index contributed by atoms with van der Waals surface area (Å²) in [4.78, 5) is 24.9. The van der Waals surface area contributed by atoms with E-state index in [0.717, 1.165) is 0 Å². The predicted octanol–water partition coefficient (Wildman–Crippen LogP) is 0.834. The zero-order valence-electron chi connectivity index (χ0n) is 13.4. The van der Waals surface area contributed by atoms with E-state index in [0.29, 0.717) is 19.7 Å². The van der Waals surface area contributed by atoms with Crippen molar-refractivity contribution in [2.45, 2.75) is 6.10 Å². The van der Waals surface area contributed by atoms with Crippen molar-refractivity contribution >= 4 is 24.0 Å². The number of hydrogen-bond acceptors (Lipinski definition) is 7. The molecule has 1 saturated heterocycles. The summed E-state index contributed by atoms with van der Waals surface area (Å²) in [5.41, 5.74) is 5.18. The molecule has 1 aliphatic rings. The molecule has 1 aliphatic heterocycles. The first-order chi connectivity index (χ1) is 11.0. The van der Waals surface area contributed by atoms with Crippen molar-refractivity contribution in [2.75, 3.05) is 40.5 Å². The van der Waals surface area contributed by atoms with Gasteiger partial charge in [0.25, 0.3) is 11.6 Å². The Bertz CT molecular complexity index is 612. The van der Waals surface area contributed by atoms with E-state index in [1.54, 1.807) is 0 Å². The second-order valence-corrected chi connectivity index (χ2v) is 4.96. The van der Waals surface area contributed by atoms with Crippen molar-refractivity contribution in [2.24, 2.45) is 5.73 Å². The Labute approximate surface area is 145 Å². The first-order valence-electron chi connectivity index (χ1n) is 7.03. The van der Waals surface area contributed by atoms with E-state index in [2.05, 4.69) is 0 Å². The molecule has 0 saturated carbocycles. The first kappa shape index (κ1) is 19.9. The molecule has 2 N–H and O–H groups in total. The zero-order valence-corrected chi connectivity index (χ0v) is 14.2. The molecule has 10 heteroatoms. The average molecular weight is 362 g/mol. The third-order valence-electron chi connectivity index (χ3n) is 3.62. The van der Waals surface area contributed by atoms with E-state index in [1.165, 1.54) is 31.3 Å². The number of methoxy groups -OCH3 is 2. The largest absolute Gasteiger partial charge is 0.493 e. The zero-order chi connectivity index (χ0) is 17.0. The summed E-state index contributed by atoms with van der Waals surface area (Å²) < 4.78 is 15.6. The normalized spacial score (nSPS) is 17.0. The molecule has 9 nitrogen and oxygen atoms in total. The number of hydrogen-bond donors (Lipinski definition) is 1. The van der Waals surface area contributed by atoms with E-state index in [1.807, 2.05) is 0 Å². The summed E-state index contributed by atoms with van der Waals surface area (Å²) in [6.45, 7) is 1.26. The van der Waals surface area contributed by atoms with Crippen LogP contribution in [0.15, 0.2) is 12.1 Å². The lowest BCUT2D eigenvalue weighted by molar-refractivity contribution is -0.385. The van der Waals surface area contributed by atoms with E-state index in [4.69, 9.17) is 19.9 Å². The van der Waals surface area contributed by atoms with Gasteiger partial charge in [-0.2, -0.15) is 0 Å². The number of amides is 1. The molecule has 1 heterocycles. The van der Waals surface area contributed by atoms with Gasteiger partial charge >= 0.3 is 0 Å². The monoisotopic (exact) mass is 361 g/mol. The van der Waals surface area contributed by atoms with Crippen molar-refractivity contribution in [1.82, 2.24) is 4.90 Å². The van der Waals surface area contributed by atoms with Crippen molar-refractivity contribution in [3.05, 3.63) is 27.8 Å². The quantitative estimate of drug-likeness (QED) is 0.609. The van der Waals surface area contributed by atoms with Crippen molar-refractivity contribution in [3.63, 3.8) is 0 Å². The van der Waals surface area contributed by atoms with Crippen LogP contribution < -0.4 is 15.2 Å². The summed E-state index contributed by atoms with van der Waals surface area (Å²) >= 11 is 0. The number of nitro benzene ring substituents is 1. The van der Waals surface area contributed by atoms with Gasteiger partial charge in [-0.25, -0.2) is 0 Å². The second-order valence-electron chi connectivity index (χ2n) is 4.96. The number of halogens is 1. The maximum atomic E-state index is 12.7. The highest BCUT2D eigenvalue weighted by atomic mass is 35.5. The van der Waals surface area contributed by atoms with Gasteiger partial charge in [-0.05, 0) is 0 Å². The Morgan fingerprint density at radius 3 is 2.58 bits per heavy atom. The number of carbonyl (C=O) groups excluding carboxylic acids is 1. The van der Waals surface area contributed by atoms with Gasteiger partial charge in [0.1, 0.15) is 5.56 Å². The Hall–Kier alpha value is -2.10. The van der Waals surface area contributed by atoms with Gasteiger partial charge in [-0.3, -0.25) is 14.9 Å². The van der Waals surface area contributed by atoms with Crippen LogP contribution in [0.4, 0.5) is 5.69 Å². The van der Waals surface area contributed by atoms with Crippen LogP contribution in [-0.2, 0) is 4.74 Å². The fraction of sp³-hybridized carbons (Fsp3) is 0.500. The molecule has 24 heavy (non-hydrogen) atoms. The fourth-order valence-electron chi connectivity index (χ4n) is 2.41. The Kier molecular flexibility index (Phi) is 7.20. The SMILES string of the molecule is COc1cc(C(=O)N2CCOC(CN)C2)c([N+](=O)[O-])cc1OC.Cl. The topological polar surface area (TPSA) is 117 Å². The lowest BCUT2D eigenvalue weighted by Crippen LogP contribution is -2.48. The molecular formula is C14H20ClN3O6. The fourth-order valence-corrected chi connectivity index (χ4v) is 2.41. The minimum atomic E-state index is -0.615. The van der Waals surface area contributed by atoms with E-state index in [-0.39, 0.29) is 47.8 Å². The molecule has 0 bridgehead atoms. The van der Waals surface area contributed by atoms with Gasteiger partial charge < -0.3 is 24.8 Å². The molecule has 1 amide bonds. The molecule has 1 atom stereocenters. The lowest BCUT2D eigenvalue weighted by atomic mass is 10.1. The number of benzene rings is 1. The molecule has 1 unspecified atom stereocenters. The molecule has 1 aromatic carbocycles. The summed E-state index contributed by atoms with van der Waals surface area (Å²) in [5, 5.41) is 11.3. The van der Waals surface area contributed by atoms with Gasteiger partial charge in [0.2, 0.25) is 0 Å². The molecule has 134 valence electrons. The molecule has 0 aromatic heterocycles. The predicted molar refractivity (Wildman–Crippen MR) is 88.1 cm³/mol. The third kappa shape index (κ3) is 4.05. The van der Waals surface area contributed by atoms with Crippen LogP contribution in [-0.4, -0.2) is 62.3 Å². The Morgan fingerprint density at radius 2 is 2.04 bits per heavy atom. The van der Waals surface area contributed by atoms with Crippen LogP contribution in [0.25, 0.3) is 0 Å². The van der Waals surface area contributed by atoms with E-state index < -0.39 is 10.8 Å².